The summed E-state index contributed by atoms with van der Waals surface area (Å²) in [5.41, 5.74) is 0. The van der Waals surface area contributed by atoms with Crippen LogP contribution >= 0.6 is 38.6 Å². The zero-order valence-corrected chi connectivity index (χ0v) is 11.3. The quantitative estimate of drug-likeness (QED) is 0.747. The number of hydrogen-bond donors (Lipinski definition) is 0. The first-order valence-corrected chi connectivity index (χ1v) is 7.18. The Morgan fingerprint density at radius 2 is 2.13 bits per heavy atom. The number of rotatable bonds is 5. The summed E-state index contributed by atoms with van der Waals surface area (Å²) in [5, 5.41) is 2.10. The molecule has 0 spiro atoms. The van der Waals surface area contributed by atoms with E-state index in [9.17, 15) is 0 Å². The normalized spacial score (nSPS) is 10.7. The molecule has 15 heavy (non-hydrogen) atoms. The van der Waals surface area contributed by atoms with E-state index >= 15 is 0 Å². The minimum Gasteiger partial charge on any atom is -0.376 e. The highest BCUT2D eigenvalue weighted by Gasteiger charge is 1.98. The molecule has 0 saturated heterocycles. The van der Waals surface area contributed by atoms with Crippen LogP contribution in [-0.2, 0) is 17.8 Å². The highest BCUT2D eigenvalue weighted by Crippen LogP contribution is 2.22. The fourth-order valence-corrected chi connectivity index (χ4v) is 3.34. The van der Waals surface area contributed by atoms with Crippen LogP contribution in [0.15, 0.2) is 33.4 Å². The van der Waals surface area contributed by atoms with Gasteiger partial charge in [0, 0.05) is 16.2 Å². The van der Waals surface area contributed by atoms with E-state index < -0.39 is 0 Å². The lowest BCUT2D eigenvalue weighted by Gasteiger charge is -2.00. The first kappa shape index (κ1) is 11.3. The maximum absolute atomic E-state index is 5.60. The van der Waals surface area contributed by atoms with Crippen molar-refractivity contribution in [2.24, 2.45) is 0 Å². The summed E-state index contributed by atoms with van der Waals surface area (Å²) in [7, 11) is 0. The van der Waals surface area contributed by atoms with Crippen molar-refractivity contribution in [1.29, 1.82) is 0 Å². The van der Waals surface area contributed by atoms with E-state index in [2.05, 4.69) is 45.6 Å². The Morgan fingerprint density at radius 1 is 1.20 bits per heavy atom. The molecule has 0 radical (unpaired) electrons. The van der Waals surface area contributed by atoms with Gasteiger partial charge < -0.3 is 4.74 Å². The third-order valence-corrected chi connectivity index (χ3v) is 4.48. The molecule has 2 rings (SSSR count). The van der Waals surface area contributed by atoms with Crippen molar-refractivity contribution in [3.63, 3.8) is 0 Å². The molecule has 2 heterocycles. The minimum atomic E-state index is 0.724. The average molecular weight is 303 g/mol. The first-order chi connectivity index (χ1) is 7.34. The van der Waals surface area contributed by atoms with Gasteiger partial charge in [-0.3, -0.25) is 0 Å². The molecule has 0 saturated carbocycles. The smallest absolute Gasteiger partial charge is 0.0809 e. The number of ether oxygens (including phenoxy) is 1. The lowest BCUT2D eigenvalue weighted by atomic mass is 10.4. The fraction of sp³-hybridized carbons (Fsp3) is 0.273. The Hall–Kier alpha value is -0.160. The number of halogens is 1. The molecule has 0 aliphatic carbocycles. The molecule has 2 aromatic rings. The number of thiophene rings is 2. The van der Waals surface area contributed by atoms with Gasteiger partial charge in [-0.2, -0.15) is 0 Å². The van der Waals surface area contributed by atoms with Gasteiger partial charge >= 0.3 is 0 Å². The highest BCUT2D eigenvalue weighted by molar-refractivity contribution is 9.11. The molecule has 2 aromatic heterocycles. The molecule has 0 aromatic carbocycles. The third kappa shape index (κ3) is 3.72. The van der Waals surface area contributed by atoms with Crippen molar-refractivity contribution in [2.45, 2.75) is 13.0 Å². The summed E-state index contributed by atoms with van der Waals surface area (Å²) < 4.78 is 6.77. The summed E-state index contributed by atoms with van der Waals surface area (Å²) >= 11 is 6.96. The van der Waals surface area contributed by atoms with E-state index in [1.165, 1.54) is 13.5 Å². The van der Waals surface area contributed by atoms with Crippen molar-refractivity contribution in [3.05, 3.63) is 43.2 Å². The minimum absolute atomic E-state index is 0.724. The number of hydrogen-bond acceptors (Lipinski definition) is 3. The van der Waals surface area contributed by atoms with Gasteiger partial charge in [-0.15, -0.1) is 22.7 Å². The van der Waals surface area contributed by atoms with Crippen LogP contribution in [0, 0.1) is 0 Å². The molecule has 0 bridgehead atoms. The largest absolute Gasteiger partial charge is 0.376 e. The average Bonchev–Trinajstić information content (AvgIpc) is 2.84. The van der Waals surface area contributed by atoms with Crippen LogP contribution in [0.2, 0.25) is 0 Å². The van der Waals surface area contributed by atoms with E-state index in [0.717, 1.165) is 19.6 Å². The molecule has 80 valence electrons. The van der Waals surface area contributed by atoms with Crippen LogP contribution < -0.4 is 0 Å². The van der Waals surface area contributed by atoms with Crippen molar-refractivity contribution in [3.8, 4) is 0 Å². The van der Waals surface area contributed by atoms with Gasteiger partial charge in [0.15, 0.2) is 0 Å². The van der Waals surface area contributed by atoms with E-state index in [1.54, 1.807) is 22.7 Å². The predicted molar refractivity (Wildman–Crippen MR) is 69.7 cm³/mol. The zero-order chi connectivity index (χ0) is 10.5. The van der Waals surface area contributed by atoms with Crippen LogP contribution in [0.25, 0.3) is 0 Å². The first-order valence-electron chi connectivity index (χ1n) is 4.69. The molecular weight excluding hydrogens is 292 g/mol. The summed E-state index contributed by atoms with van der Waals surface area (Å²) in [5.74, 6) is 0. The van der Waals surface area contributed by atoms with Crippen LogP contribution in [0.4, 0.5) is 0 Å². The molecular formula is C11H11BrOS2. The highest BCUT2D eigenvalue weighted by atomic mass is 79.9. The summed E-state index contributed by atoms with van der Waals surface area (Å²) in [4.78, 5) is 2.66. The molecule has 0 fully saturated rings. The van der Waals surface area contributed by atoms with Gasteiger partial charge in [-0.1, -0.05) is 6.07 Å². The maximum Gasteiger partial charge on any atom is 0.0809 e. The van der Waals surface area contributed by atoms with Gasteiger partial charge in [0.1, 0.15) is 0 Å². The van der Waals surface area contributed by atoms with E-state index in [-0.39, 0.29) is 0 Å². The second-order valence-electron chi connectivity index (χ2n) is 3.09. The van der Waals surface area contributed by atoms with Crippen LogP contribution in [0.5, 0.6) is 0 Å². The molecule has 0 aliphatic heterocycles. The van der Waals surface area contributed by atoms with Crippen LogP contribution in [0.3, 0.4) is 0 Å². The Labute approximate surface area is 106 Å². The van der Waals surface area contributed by atoms with Gasteiger partial charge in [0.05, 0.1) is 17.0 Å². The van der Waals surface area contributed by atoms with E-state index in [4.69, 9.17) is 4.74 Å². The summed E-state index contributed by atoms with van der Waals surface area (Å²) in [6, 6.07) is 8.38. The van der Waals surface area contributed by atoms with Gasteiger partial charge in [0.2, 0.25) is 0 Å². The molecule has 0 amide bonds. The van der Waals surface area contributed by atoms with Crippen LogP contribution in [0.1, 0.15) is 9.75 Å². The van der Waals surface area contributed by atoms with Gasteiger partial charge in [-0.05, 0) is 39.5 Å². The fourth-order valence-electron chi connectivity index (χ4n) is 1.23. The lowest BCUT2D eigenvalue weighted by Crippen LogP contribution is -1.96. The molecule has 1 nitrogen and oxygen atoms in total. The Morgan fingerprint density at radius 3 is 2.80 bits per heavy atom. The van der Waals surface area contributed by atoms with Gasteiger partial charge in [0.25, 0.3) is 0 Å². The maximum atomic E-state index is 5.60. The van der Waals surface area contributed by atoms with E-state index in [0.29, 0.717) is 0 Å². The van der Waals surface area contributed by atoms with Crippen molar-refractivity contribution in [2.75, 3.05) is 6.61 Å². The topological polar surface area (TPSA) is 9.23 Å². The Balaban J connectivity index is 1.67. The third-order valence-electron chi connectivity index (χ3n) is 1.95. The molecule has 0 unspecified atom stereocenters. The van der Waals surface area contributed by atoms with Crippen molar-refractivity contribution in [1.82, 2.24) is 0 Å². The van der Waals surface area contributed by atoms with Crippen molar-refractivity contribution >= 4 is 38.6 Å². The lowest BCUT2D eigenvalue weighted by molar-refractivity contribution is 0.126. The predicted octanol–water partition coefficient (Wildman–Crippen LogP) is 4.33. The molecule has 4 heteroatoms. The Bertz CT molecular complexity index is 394. The van der Waals surface area contributed by atoms with Gasteiger partial charge in [-0.25, -0.2) is 0 Å². The SMILES string of the molecule is Brc1ccc(COCCc2cccs2)s1. The van der Waals surface area contributed by atoms with Crippen molar-refractivity contribution < 1.29 is 4.74 Å². The monoisotopic (exact) mass is 302 g/mol. The molecule has 0 N–H and O–H groups in total. The summed E-state index contributed by atoms with van der Waals surface area (Å²) in [6.07, 6.45) is 1.02. The Kier molecular flexibility index (Phi) is 4.38. The standard InChI is InChI=1S/C11H11BrOS2/c12-11-4-3-10(15-11)8-13-6-5-9-2-1-7-14-9/h1-4,7H,5-6,8H2. The molecule has 0 atom stereocenters. The van der Waals surface area contributed by atoms with Crippen LogP contribution in [-0.4, -0.2) is 6.61 Å². The zero-order valence-electron chi connectivity index (χ0n) is 8.11. The van der Waals surface area contributed by atoms with E-state index in [1.807, 2.05) is 0 Å². The summed E-state index contributed by atoms with van der Waals surface area (Å²) in [6.45, 7) is 1.53. The second kappa shape index (κ2) is 5.80. The molecule has 0 aliphatic rings. The second-order valence-corrected chi connectivity index (χ2v) is 6.67.